The van der Waals surface area contributed by atoms with Crippen LogP contribution >= 0.6 is 0 Å². The summed E-state index contributed by atoms with van der Waals surface area (Å²) in [5, 5.41) is 15.4. The summed E-state index contributed by atoms with van der Waals surface area (Å²) < 4.78 is 1.97. The van der Waals surface area contributed by atoms with Crippen molar-refractivity contribution in [2.75, 3.05) is 13.2 Å². The number of hydrogen-bond donors (Lipinski definition) is 3. The smallest absolute Gasteiger partial charge is 0.267 e. The summed E-state index contributed by atoms with van der Waals surface area (Å²) in [5.41, 5.74) is 2.49. The zero-order valence-corrected chi connectivity index (χ0v) is 15.7. The van der Waals surface area contributed by atoms with Crippen molar-refractivity contribution in [3.63, 3.8) is 0 Å². The molecule has 0 spiro atoms. The van der Waals surface area contributed by atoms with Crippen LogP contribution in [0.4, 0.5) is 0 Å². The highest BCUT2D eigenvalue weighted by molar-refractivity contribution is 6.06. The molecule has 1 aromatic heterocycles. The fourth-order valence-corrected chi connectivity index (χ4v) is 2.96. The van der Waals surface area contributed by atoms with Gasteiger partial charge in [0.05, 0.1) is 0 Å². The number of aryl methyl sites for hydroxylation is 1. The van der Waals surface area contributed by atoms with Gasteiger partial charge in [-0.1, -0.05) is 36.4 Å². The summed E-state index contributed by atoms with van der Waals surface area (Å²) >= 11 is 0. The molecule has 6 heteroatoms. The van der Waals surface area contributed by atoms with Crippen LogP contribution in [0.1, 0.15) is 22.3 Å². The molecule has 144 valence electrons. The number of benzene rings is 2. The summed E-state index contributed by atoms with van der Waals surface area (Å²) in [6, 6.07) is 16.6. The van der Waals surface area contributed by atoms with E-state index < -0.39 is 5.91 Å². The average Bonchev–Trinajstić information content (AvgIpc) is 3.04. The van der Waals surface area contributed by atoms with E-state index in [-0.39, 0.29) is 18.2 Å². The lowest BCUT2D eigenvalue weighted by atomic mass is 10.1. The molecule has 2 aromatic carbocycles. The summed E-state index contributed by atoms with van der Waals surface area (Å²) in [4.78, 5) is 25.2. The molecule has 0 radical (unpaired) electrons. The molecule has 2 amide bonds. The van der Waals surface area contributed by atoms with Crippen LogP contribution in [0.3, 0.4) is 0 Å². The molecule has 3 aromatic rings. The van der Waals surface area contributed by atoms with Gasteiger partial charge in [0.2, 0.25) is 0 Å². The van der Waals surface area contributed by atoms with Gasteiger partial charge in [0.1, 0.15) is 5.70 Å². The largest absolute Gasteiger partial charge is 0.396 e. The second-order valence-corrected chi connectivity index (χ2v) is 6.42. The van der Waals surface area contributed by atoms with E-state index in [2.05, 4.69) is 10.6 Å². The van der Waals surface area contributed by atoms with Crippen molar-refractivity contribution in [2.24, 2.45) is 7.05 Å². The fraction of sp³-hybridized carbons (Fsp3) is 0.182. The van der Waals surface area contributed by atoms with Crippen LogP contribution in [-0.2, 0) is 11.8 Å². The Hall–Kier alpha value is -3.38. The Morgan fingerprint density at radius 1 is 1.07 bits per heavy atom. The van der Waals surface area contributed by atoms with Crippen molar-refractivity contribution in [2.45, 2.75) is 6.42 Å². The van der Waals surface area contributed by atoms with E-state index in [1.807, 2.05) is 48.1 Å². The predicted octanol–water partition coefficient (Wildman–Crippen LogP) is 2.45. The lowest BCUT2D eigenvalue weighted by Crippen LogP contribution is -2.35. The number of carbonyl (C=O) groups is 2. The van der Waals surface area contributed by atoms with E-state index in [1.54, 1.807) is 30.3 Å². The minimum atomic E-state index is -0.398. The van der Waals surface area contributed by atoms with Crippen molar-refractivity contribution in [3.8, 4) is 0 Å². The normalized spacial score (nSPS) is 11.4. The number of hydrogen-bond acceptors (Lipinski definition) is 3. The number of aromatic nitrogens is 1. The lowest BCUT2D eigenvalue weighted by Gasteiger charge is -2.11. The first-order valence-electron chi connectivity index (χ1n) is 9.11. The molecule has 1 heterocycles. The summed E-state index contributed by atoms with van der Waals surface area (Å²) in [6.45, 7) is 0.308. The van der Waals surface area contributed by atoms with Gasteiger partial charge in [-0.2, -0.15) is 0 Å². The number of aliphatic hydroxyl groups is 1. The molecule has 28 heavy (non-hydrogen) atoms. The van der Waals surface area contributed by atoms with Gasteiger partial charge in [-0.3, -0.25) is 9.59 Å². The maximum absolute atomic E-state index is 12.6. The third-order valence-corrected chi connectivity index (χ3v) is 4.38. The SMILES string of the molecule is Cn1cc(/C=C(/NC(=O)c2ccccc2)C(=O)NCCCO)c2ccccc21. The molecule has 0 saturated heterocycles. The van der Waals surface area contributed by atoms with Crippen LogP contribution in [0.25, 0.3) is 17.0 Å². The van der Waals surface area contributed by atoms with Crippen molar-refractivity contribution >= 4 is 28.8 Å². The molecule has 0 unspecified atom stereocenters. The Bertz CT molecular complexity index is 1010. The number of aliphatic hydroxyl groups excluding tert-OH is 1. The Morgan fingerprint density at radius 3 is 2.54 bits per heavy atom. The number of carbonyl (C=O) groups excluding carboxylic acids is 2. The second-order valence-electron chi connectivity index (χ2n) is 6.42. The van der Waals surface area contributed by atoms with Crippen LogP contribution in [0, 0.1) is 0 Å². The standard InChI is InChI=1S/C22H23N3O3/c1-25-15-17(18-10-5-6-11-20(18)25)14-19(22(28)23-12-7-13-26)24-21(27)16-8-3-2-4-9-16/h2-6,8-11,14-15,26H,7,12-13H2,1H3,(H,23,28)(H,24,27)/b19-14+. The van der Waals surface area contributed by atoms with Crippen LogP contribution < -0.4 is 10.6 Å². The second kappa shape index (κ2) is 9.01. The molecule has 0 aliphatic rings. The molecule has 0 bridgehead atoms. The van der Waals surface area contributed by atoms with Gasteiger partial charge in [0.15, 0.2) is 0 Å². The van der Waals surface area contributed by atoms with E-state index in [0.717, 1.165) is 16.5 Å². The lowest BCUT2D eigenvalue weighted by molar-refractivity contribution is -0.117. The first kappa shape index (κ1) is 19.4. The van der Waals surface area contributed by atoms with Gasteiger partial charge in [0.25, 0.3) is 11.8 Å². The van der Waals surface area contributed by atoms with Gasteiger partial charge in [-0.25, -0.2) is 0 Å². The first-order chi connectivity index (χ1) is 13.6. The van der Waals surface area contributed by atoms with Gasteiger partial charge in [0, 0.05) is 48.4 Å². The van der Waals surface area contributed by atoms with E-state index in [1.165, 1.54) is 0 Å². The van der Waals surface area contributed by atoms with Crippen molar-refractivity contribution in [1.82, 2.24) is 15.2 Å². The van der Waals surface area contributed by atoms with Crippen LogP contribution in [0.2, 0.25) is 0 Å². The summed E-state index contributed by atoms with van der Waals surface area (Å²) in [7, 11) is 1.93. The van der Waals surface area contributed by atoms with E-state index in [0.29, 0.717) is 18.5 Å². The third kappa shape index (κ3) is 4.47. The Balaban J connectivity index is 1.94. The Morgan fingerprint density at radius 2 is 1.79 bits per heavy atom. The van der Waals surface area contributed by atoms with Gasteiger partial charge >= 0.3 is 0 Å². The molecule has 3 N–H and O–H groups in total. The first-order valence-corrected chi connectivity index (χ1v) is 9.11. The molecule has 6 nitrogen and oxygen atoms in total. The minimum absolute atomic E-state index is 0.0149. The van der Waals surface area contributed by atoms with Crippen LogP contribution in [-0.4, -0.2) is 34.6 Å². The number of fused-ring (bicyclic) bond motifs is 1. The number of rotatable bonds is 7. The number of nitrogens with zero attached hydrogens (tertiary/aromatic N) is 1. The van der Waals surface area contributed by atoms with E-state index in [4.69, 9.17) is 5.11 Å². The van der Waals surface area contributed by atoms with Crippen LogP contribution in [0.15, 0.2) is 66.5 Å². The monoisotopic (exact) mass is 377 g/mol. The van der Waals surface area contributed by atoms with Crippen LogP contribution in [0.5, 0.6) is 0 Å². The van der Waals surface area contributed by atoms with Crippen molar-refractivity contribution < 1.29 is 14.7 Å². The average molecular weight is 377 g/mol. The topological polar surface area (TPSA) is 83.4 Å². The number of amides is 2. The highest BCUT2D eigenvalue weighted by Crippen LogP contribution is 2.22. The maximum Gasteiger partial charge on any atom is 0.267 e. The predicted molar refractivity (Wildman–Crippen MR) is 110 cm³/mol. The molecular weight excluding hydrogens is 354 g/mol. The molecule has 0 saturated carbocycles. The minimum Gasteiger partial charge on any atom is -0.396 e. The van der Waals surface area contributed by atoms with Gasteiger partial charge in [-0.05, 0) is 30.7 Å². The Labute approximate surface area is 163 Å². The maximum atomic E-state index is 12.6. The quantitative estimate of drug-likeness (QED) is 0.437. The molecule has 0 atom stereocenters. The summed E-state index contributed by atoms with van der Waals surface area (Å²) in [5.74, 6) is -0.755. The molecule has 3 rings (SSSR count). The zero-order valence-electron chi connectivity index (χ0n) is 15.7. The van der Waals surface area contributed by atoms with Crippen molar-refractivity contribution in [3.05, 3.63) is 77.6 Å². The highest BCUT2D eigenvalue weighted by atomic mass is 16.3. The van der Waals surface area contributed by atoms with E-state index >= 15 is 0 Å². The molecule has 0 fully saturated rings. The fourth-order valence-electron chi connectivity index (χ4n) is 2.96. The molecular formula is C22H23N3O3. The molecule has 0 aliphatic carbocycles. The van der Waals surface area contributed by atoms with E-state index in [9.17, 15) is 9.59 Å². The van der Waals surface area contributed by atoms with Gasteiger partial charge in [-0.15, -0.1) is 0 Å². The number of para-hydroxylation sites is 1. The zero-order chi connectivity index (χ0) is 19.9. The summed E-state index contributed by atoms with van der Waals surface area (Å²) in [6.07, 6.45) is 4.04. The van der Waals surface area contributed by atoms with Gasteiger partial charge < -0.3 is 20.3 Å². The highest BCUT2D eigenvalue weighted by Gasteiger charge is 2.15. The molecule has 0 aliphatic heterocycles. The third-order valence-electron chi connectivity index (χ3n) is 4.38. The number of nitrogens with one attached hydrogen (secondary N) is 2. The Kier molecular flexibility index (Phi) is 6.24. The van der Waals surface area contributed by atoms with Crippen molar-refractivity contribution in [1.29, 1.82) is 0 Å².